The van der Waals surface area contributed by atoms with Crippen molar-refractivity contribution in [2.75, 3.05) is 39.5 Å². The Morgan fingerprint density at radius 2 is 1.73 bits per heavy atom. The summed E-state index contributed by atoms with van der Waals surface area (Å²) in [4.78, 5) is 32.8. The van der Waals surface area contributed by atoms with Crippen LogP contribution in [0.15, 0.2) is 36.7 Å². The lowest BCUT2D eigenvalue weighted by atomic mass is 10.1. The number of ether oxygens (including phenoxy) is 3. The third-order valence-corrected chi connectivity index (χ3v) is 4.59. The van der Waals surface area contributed by atoms with Crippen LogP contribution >= 0.6 is 0 Å². The van der Waals surface area contributed by atoms with Gasteiger partial charge in [-0.05, 0) is 50.6 Å². The van der Waals surface area contributed by atoms with Crippen molar-refractivity contribution in [3.63, 3.8) is 0 Å². The van der Waals surface area contributed by atoms with Crippen LogP contribution in [0.3, 0.4) is 0 Å². The summed E-state index contributed by atoms with van der Waals surface area (Å²) in [5.41, 5.74) is 4.68. The van der Waals surface area contributed by atoms with Gasteiger partial charge in [-0.15, -0.1) is 11.6 Å². The first-order valence-corrected chi connectivity index (χ1v) is 11.9. The molecule has 0 aliphatic rings. The fourth-order valence-corrected chi connectivity index (χ4v) is 2.97. The average molecular weight is 514 g/mol. The summed E-state index contributed by atoms with van der Waals surface area (Å²) in [6.45, 7) is 7.42. The van der Waals surface area contributed by atoms with Crippen LogP contribution in [0.4, 0.5) is 0 Å². The van der Waals surface area contributed by atoms with Crippen LogP contribution in [0.5, 0.6) is 0 Å². The van der Waals surface area contributed by atoms with Gasteiger partial charge in [0.2, 0.25) is 0 Å². The first-order chi connectivity index (χ1) is 17.7. The van der Waals surface area contributed by atoms with E-state index in [0.29, 0.717) is 49.9 Å². The van der Waals surface area contributed by atoms with Gasteiger partial charge in [0.05, 0.1) is 44.2 Å². The molecule has 0 spiro atoms. The zero-order valence-electron chi connectivity index (χ0n) is 21.5. The number of amides is 1. The topological polar surface area (TPSA) is 135 Å². The van der Waals surface area contributed by atoms with Crippen molar-refractivity contribution in [2.24, 2.45) is 0 Å². The van der Waals surface area contributed by atoms with Gasteiger partial charge in [0.15, 0.2) is 0 Å². The highest BCUT2D eigenvalue weighted by Gasteiger charge is 2.15. The molecule has 200 valence electrons. The molecular formula is C26H35N5O6. The summed E-state index contributed by atoms with van der Waals surface area (Å²) < 4.78 is 16.0. The lowest BCUT2D eigenvalue weighted by Crippen LogP contribution is -2.34. The zero-order valence-corrected chi connectivity index (χ0v) is 21.5. The minimum atomic E-state index is -0.505. The molecule has 0 radical (unpaired) electrons. The second-order valence-corrected chi connectivity index (χ2v) is 8.89. The summed E-state index contributed by atoms with van der Waals surface area (Å²) in [6, 6.07) is 6.88. The number of carbonyl (C=O) groups excluding carboxylic acids is 2. The van der Waals surface area contributed by atoms with E-state index in [-0.39, 0.29) is 31.4 Å². The number of rotatable bonds is 15. The summed E-state index contributed by atoms with van der Waals surface area (Å²) in [7, 11) is 0. The third-order valence-electron chi connectivity index (χ3n) is 4.59. The maximum Gasteiger partial charge on any atom is 0.308 e. The standard InChI is InChI=1S/C26H35N5O6/c1-5-12-31(34)30-19-20-6-9-27-22(17-20)23-18-21(7-10-28-23)25(33)29-11-14-36-16-15-35-13-8-24(32)37-26(2,3)4/h1,6-7,9-10,17-18,30,34H,8,11-16,19H2,2-4H3,(H,29,33). The Balaban J connectivity index is 1.70. The van der Waals surface area contributed by atoms with Gasteiger partial charge in [-0.2, -0.15) is 0 Å². The molecule has 2 rings (SSSR count). The third kappa shape index (κ3) is 12.4. The van der Waals surface area contributed by atoms with Gasteiger partial charge in [-0.25, -0.2) is 5.43 Å². The lowest BCUT2D eigenvalue weighted by molar-refractivity contribution is -0.156. The Labute approximate surface area is 217 Å². The van der Waals surface area contributed by atoms with E-state index in [1.54, 1.807) is 30.6 Å². The molecule has 0 aliphatic heterocycles. The molecule has 2 aromatic rings. The minimum Gasteiger partial charge on any atom is -0.460 e. The van der Waals surface area contributed by atoms with Crippen molar-refractivity contribution in [2.45, 2.75) is 39.3 Å². The Bertz CT molecular complexity index is 1050. The van der Waals surface area contributed by atoms with Gasteiger partial charge in [0.1, 0.15) is 12.1 Å². The van der Waals surface area contributed by atoms with Crippen molar-refractivity contribution in [3.05, 3.63) is 47.8 Å². The quantitative estimate of drug-likeness (QED) is 0.140. The van der Waals surface area contributed by atoms with Crippen LogP contribution in [-0.2, 0) is 25.5 Å². The minimum absolute atomic E-state index is 0.0469. The van der Waals surface area contributed by atoms with Crippen LogP contribution < -0.4 is 10.7 Å². The Morgan fingerprint density at radius 1 is 1.05 bits per heavy atom. The van der Waals surface area contributed by atoms with E-state index < -0.39 is 5.60 Å². The molecule has 0 saturated carbocycles. The molecule has 1 amide bonds. The summed E-state index contributed by atoms with van der Waals surface area (Å²) in [6.07, 6.45) is 8.52. The number of hydrazine groups is 1. The van der Waals surface area contributed by atoms with E-state index in [9.17, 15) is 14.8 Å². The summed E-state index contributed by atoms with van der Waals surface area (Å²) >= 11 is 0. The number of esters is 1. The molecule has 0 unspecified atom stereocenters. The zero-order chi connectivity index (χ0) is 27.1. The van der Waals surface area contributed by atoms with Gasteiger partial charge in [0, 0.05) is 31.0 Å². The highest BCUT2D eigenvalue weighted by atomic mass is 16.6. The highest BCUT2D eigenvalue weighted by Crippen LogP contribution is 2.17. The molecule has 0 fully saturated rings. The van der Waals surface area contributed by atoms with Crippen molar-refractivity contribution in [1.82, 2.24) is 25.9 Å². The smallest absolute Gasteiger partial charge is 0.308 e. The van der Waals surface area contributed by atoms with Crippen molar-refractivity contribution < 1.29 is 29.0 Å². The number of pyridine rings is 2. The van der Waals surface area contributed by atoms with E-state index in [1.807, 2.05) is 26.8 Å². The molecule has 0 saturated heterocycles. The number of hydrogen-bond acceptors (Lipinski definition) is 10. The summed E-state index contributed by atoms with van der Waals surface area (Å²) in [5.74, 6) is 1.76. The second-order valence-electron chi connectivity index (χ2n) is 8.89. The number of nitrogens with one attached hydrogen (secondary N) is 2. The highest BCUT2D eigenvalue weighted by molar-refractivity contribution is 5.94. The second kappa shape index (κ2) is 15.7. The van der Waals surface area contributed by atoms with Crippen LogP contribution in [0.2, 0.25) is 0 Å². The van der Waals surface area contributed by atoms with E-state index >= 15 is 0 Å². The van der Waals surface area contributed by atoms with Gasteiger partial charge in [-0.1, -0.05) is 5.92 Å². The number of terminal acetylenes is 1. The predicted octanol–water partition coefficient (Wildman–Crippen LogP) is 1.97. The van der Waals surface area contributed by atoms with Gasteiger partial charge >= 0.3 is 5.97 Å². The lowest BCUT2D eigenvalue weighted by Gasteiger charge is -2.19. The van der Waals surface area contributed by atoms with Crippen LogP contribution in [-0.4, -0.2) is 77.3 Å². The molecular weight excluding hydrogens is 478 g/mol. The van der Waals surface area contributed by atoms with Crippen LogP contribution in [0, 0.1) is 12.3 Å². The molecule has 2 aromatic heterocycles. The van der Waals surface area contributed by atoms with Gasteiger partial charge in [0.25, 0.3) is 5.91 Å². The monoisotopic (exact) mass is 513 g/mol. The molecule has 2 heterocycles. The predicted molar refractivity (Wildman–Crippen MR) is 136 cm³/mol. The molecule has 0 aliphatic carbocycles. The van der Waals surface area contributed by atoms with Crippen LogP contribution in [0.1, 0.15) is 43.1 Å². The van der Waals surface area contributed by atoms with Crippen LogP contribution in [0.25, 0.3) is 11.4 Å². The fraction of sp³-hybridized carbons (Fsp3) is 0.462. The number of aromatic nitrogens is 2. The molecule has 11 heteroatoms. The fourth-order valence-electron chi connectivity index (χ4n) is 2.97. The molecule has 0 aromatic carbocycles. The van der Waals surface area contributed by atoms with Crippen molar-refractivity contribution >= 4 is 11.9 Å². The normalized spacial score (nSPS) is 11.2. The van der Waals surface area contributed by atoms with Gasteiger partial charge < -0.3 is 19.5 Å². The first-order valence-electron chi connectivity index (χ1n) is 11.9. The first kappa shape index (κ1) is 29.8. The van der Waals surface area contributed by atoms with Gasteiger partial charge in [-0.3, -0.25) is 24.8 Å². The molecule has 3 N–H and O–H groups in total. The van der Waals surface area contributed by atoms with E-state index in [4.69, 9.17) is 20.6 Å². The number of hydroxylamine groups is 1. The van der Waals surface area contributed by atoms with E-state index in [2.05, 4.69) is 26.6 Å². The molecule has 0 bridgehead atoms. The molecule has 11 nitrogen and oxygen atoms in total. The SMILES string of the molecule is C#CCN(O)NCc1ccnc(-c2cc(C(=O)NCCOCCOCCC(=O)OC(C)(C)C)ccn2)c1. The van der Waals surface area contributed by atoms with Crippen molar-refractivity contribution in [3.8, 4) is 23.7 Å². The Kier molecular flexibility index (Phi) is 12.6. The Hall–Kier alpha value is -3.40. The Morgan fingerprint density at radius 3 is 2.43 bits per heavy atom. The van der Waals surface area contributed by atoms with E-state index in [0.717, 1.165) is 10.7 Å². The summed E-state index contributed by atoms with van der Waals surface area (Å²) in [5, 5.41) is 13.2. The van der Waals surface area contributed by atoms with E-state index in [1.165, 1.54) is 0 Å². The maximum absolute atomic E-state index is 12.5. The number of nitrogens with zero attached hydrogens (tertiary/aromatic N) is 3. The number of carbonyl (C=O) groups is 2. The largest absolute Gasteiger partial charge is 0.460 e. The average Bonchev–Trinajstić information content (AvgIpc) is 2.85. The van der Waals surface area contributed by atoms with Crippen molar-refractivity contribution in [1.29, 1.82) is 0 Å². The number of hydrogen-bond donors (Lipinski definition) is 3. The maximum atomic E-state index is 12.5. The molecule has 37 heavy (non-hydrogen) atoms. The molecule has 0 atom stereocenters.